The quantitative estimate of drug-likeness (QED) is 0.714. The molecule has 0 aliphatic carbocycles. The maximum atomic E-state index is 4.46. The molecule has 1 N–H and O–H groups in total. The van der Waals surface area contributed by atoms with Crippen molar-refractivity contribution in [3.63, 3.8) is 0 Å². The van der Waals surface area contributed by atoms with Gasteiger partial charge in [0.1, 0.15) is 5.82 Å². The standard InChI is InChI=1S/C12H7Br2N3/c13-8-3-1-2-7(4-8)11-16-10-5-9(14)6-15-12(10)17-11/h1-6H,(H,15,16,17). The van der Waals surface area contributed by atoms with Crippen LogP contribution in [-0.4, -0.2) is 15.0 Å². The van der Waals surface area contributed by atoms with Crippen LogP contribution in [0.15, 0.2) is 45.5 Å². The number of hydrogen-bond donors (Lipinski definition) is 1. The van der Waals surface area contributed by atoms with Crippen LogP contribution in [0.4, 0.5) is 0 Å². The van der Waals surface area contributed by atoms with E-state index in [2.05, 4.69) is 46.8 Å². The molecule has 0 radical (unpaired) electrons. The van der Waals surface area contributed by atoms with Crippen molar-refractivity contribution in [1.29, 1.82) is 0 Å². The summed E-state index contributed by atoms with van der Waals surface area (Å²) in [7, 11) is 0. The van der Waals surface area contributed by atoms with Gasteiger partial charge in [-0.3, -0.25) is 0 Å². The van der Waals surface area contributed by atoms with Crippen LogP contribution >= 0.6 is 31.9 Å². The maximum Gasteiger partial charge on any atom is 0.178 e. The summed E-state index contributed by atoms with van der Waals surface area (Å²) in [5, 5.41) is 0. The smallest absolute Gasteiger partial charge is 0.178 e. The first kappa shape index (κ1) is 10.9. The molecule has 5 heteroatoms. The number of hydrogen-bond acceptors (Lipinski definition) is 2. The molecule has 0 aliphatic heterocycles. The lowest BCUT2D eigenvalue weighted by Gasteiger charge is -1.96. The van der Waals surface area contributed by atoms with E-state index in [4.69, 9.17) is 0 Å². The highest BCUT2D eigenvalue weighted by molar-refractivity contribution is 9.10. The summed E-state index contributed by atoms with van der Waals surface area (Å²) in [6, 6.07) is 9.97. The zero-order chi connectivity index (χ0) is 11.8. The monoisotopic (exact) mass is 351 g/mol. The van der Waals surface area contributed by atoms with Gasteiger partial charge in [0.05, 0.1) is 5.52 Å². The predicted octanol–water partition coefficient (Wildman–Crippen LogP) is 4.15. The van der Waals surface area contributed by atoms with Crippen molar-refractivity contribution in [1.82, 2.24) is 15.0 Å². The summed E-state index contributed by atoms with van der Waals surface area (Å²) in [6.45, 7) is 0. The summed E-state index contributed by atoms with van der Waals surface area (Å²) < 4.78 is 1.97. The number of halogens is 2. The van der Waals surface area contributed by atoms with E-state index in [1.54, 1.807) is 6.20 Å². The zero-order valence-electron chi connectivity index (χ0n) is 8.61. The second kappa shape index (κ2) is 4.23. The topological polar surface area (TPSA) is 41.6 Å². The number of nitrogens with zero attached hydrogens (tertiary/aromatic N) is 2. The Morgan fingerprint density at radius 3 is 2.76 bits per heavy atom. The van der Waals surface area contributed by atoms with Gasteiger partial charge in [-0.2, -0.15) is 0 Å². The van der Waals surface area contributed by atoms with Crippen molar-refractivity contribution < 1.29 is 0 Å². The second-order valence-corrected chi connectivity index (χ2v) is 5.45. The average molecular weight is 353 g/mol. The molecule has 0 atom stereocenters. The zero-order valence-corrected chi connectivity index (χ0v) is 11.8. The van der Waals surface area contributed by atoms with Crippen LogP contribution in [0, 0.1) is 0 Å². The largest absolute Gasteiger partial charge is 0.337 e. The minimum Gasteiger partial charge on any atom is -0.337 e. The minimum atomic E-state index is 0.725. The van der Waals surface area contributed by atoms with Gasteiger partial charge in [-0.05, 0) is 34.1 Å². The average Bonchev–Trinajstić information content (AvgIpc) is 2.72. The lowest BCUT2D eigenvalue weighted by Crippen LogP contribution is -1.79. The molecule has 0 saturated heterocycles. The Hall–Kier alpha value is -1.20. The number of imidazole rings is 1. The van der Waals surface area contributed by atoms with Crippen LogP contribution in [0.2, 0.25) is 0 Å². The number of aromatic nitrogens is 3. The fourth-order valence-corrected chi connectivity index (χ4v) is 2.38. The highest BCUT2D eigenvalue weighted by Gasteiger charge is 2.06. The van der Waals surface area contributed by atoms with E-state index in [9.17, 15) is 0 Å². The fraction of sp³-hybridized carbons (Fsp3) is 0. The first-order valence-electron chi connectivity index (χ1n) is 4.99. The summed E-state index contributed by atoms with van der Waals surface area (Å²) in [5.41, 5.74) is 2.69. The number of H-pyrrole nitrogens is 1. The Labute approximate surface area is 115 Å². The number of aromatic amines is 1. The lowest BCUT2D eigenvalue weighted by molar-refractivity contribution is 1.30. The third-order valence-corrected chi connectivity index (χ3v) is 3.33. The molecule has 0 spiro atoms. The van der Waals surface area contributed by atoms with Crippen molar-refractivity contribution in [2.75, 3.05) is 0 Å². The van der Waals surface area contributed by atoms with Gasteiger partial charge in [0.25, 0.3) is 0 Å². The molecule has 17 heavy (non-hydrogen) atoms. The number of pyridine rings is 1. The lowest BCUT2D eigenvalue weighted by atomic mass is 10.2. The molecule has 0 bridgehead atoms. The molecule has 2 heterocycles. The Bertz CT molecular complexity index is 691. The normalized spacial score (nSPS) is 10.9. The van der Waals surface area contributed by atoms with Crippen LogP contribution in [-0.2, 0) is 0 Å². The molecular formula is C12H7Br2N3. The van der Waals surface area contributed by atoms with E-state index in [-0.39, 0.29) is 0 Å². The van der Waals surface area contributed by atoms with Gasteiger partial charge < -0.3 is 4.98 Å². The molecule has 0 unspecified atom stereocenters. The van der Waals surface area contributed by atoms with Crippen molar-refractivity contribution in [3.8, 4) is 11.4 Å². The molecule has 2 aromatic heterocycles. The van der Waals surface area contributed by atoms with Crippen LogP contribution in [0.3, 0.4) is 0 Å². The van der Waals surface area contributed by atoms with E-state index < -0.39 is 0 Å². The van der Waals surface area contributed by atoms with Crippen molar-refractivity contribution in [2.24, 2.45) is 0 Å². The highest BCUT2D eigenvalue weighted by Crippen LogP contribution is 2.23. The predicted molar refractivity (Wildman–Crippen MR) is 74.7 cm³/mol. The van der Waals surface area contributed by atoms with Crippen molar-refractivity contribution in [2.45, 2.75) is 0 Å². The molecule has 3 rings (SSSR count). The van der Waals surface area contributed by atoms with Crippen LogP contribution in [0.25, 0.3) is 22.6 Å². The van der Waals surface area contributed by atoms with Gasteiger partial charge in [0, 0.05) is 20.7 Å². The van der Waals surface area contributed by atoms with Gasteiger partial charge in [0.2, 0.25) is 0 Å². The van der Waals surface area contributed by atoms with Crippen LogP contribution in [0.1, 0.15) is 0 Å². The maximum absolute atomic E-state index is 4.46. The Morgan fingerprint density at radius 2 is 1.94 bits per heavy atom. The van der Waals surface area contributed by atoms with Crippen molar-refractivity contribution >= 4 is 43.0 Å². The van der Waals surface area contributed by atoms with Crippen molar-refractivity contribution in [3.05, 3.63) is 45.5 Å². The van der Waals surface area contributed by atoms with Gasteiger partial charge >= 0.3 is 0 Å². The Kier molecular flexibility index (Phi) is 2.72. The van der Waals surface area contributed by atoms with Gasteiger partial charge in [0.15, 0.2) is 5.65 Å². The molecule has 0 saturated carbocycles. The third kappa shape index (κ3) is 2.12. The number of fused-ring (bicyclic) bond motifs is 1. The molecule has 84 valence electrons. The Balaban J connectivity index is 2.18. The SMILES string of the molecule is Brc1cccc(-c2nc3ncc(Br)cc3[nH]2)c1. The summed E-state index contributed by atoms with van der Waals surface area (Å²) in [4.78, 5) is 12.0. The van der Waals surface area contributed by atoms with Gasteiger partial charge in [-0.15, -0.1) is 0 Å². The number of nitrogens with one attached hydrogen (secondary N) is 1. The van der Waals surface area contributed by atoms with Crippen LogP contribution in [0.5, 0.6) is 0 Å². The first-order valence-corrected chi connectivity index (χ1v) is 6.58. The third-order valence-electron chi connectivity index (χ3n) is 2.40. The van der Waals surface area contributed by atoms with Gasteiger partial charge in [-0.25, -0.2) is 9.97 Å². The van der Waals surface area contributed by atoms with Gasteiger partial charge in [-0.1, -0.05) is 28.1 Å². The summed E-state index contributed by atoms with van der Waals surface area (Å²) in [5.74, 6) is 0.826. The number of benzene rings is 1. The van der Waals surface area contributed by atoms with E-state index in [1.807, 2.05) is 30.3 Å². The summed E-state index contributed by atoms with van der Waals surface area (Å²) >= 11 is 6.84. The first-order chi connectivity index (χ1) is 8.22. The second-order valence-electron chi connectivity index (χ2n) is 3.62. The fourth-order valence-electron chi connectivity index (χ4n) is 1.65. The minimum absolute atomic E-state index is 0.725. The number of rotatable bonds is 1. The highest BCUT2D eigenvalue weighted by atomic mass is 79.9. The Morgan fingerprint density at radius 1 is 1.06 bits per heavy atom. The summed E-state index contributed by atoms with van der Waals surface area (Å²) in [6.07, 6.45) is 1.74. The van der Waals surface area contributed by atoms with E-state index >= 15 is 0 Å². The van der Waals surface area contributed by atoms with E-state index in [0.717, 1.165) is 31.5 Å². The molecule has 3 nitrogen and oxygen atoms in total. The molecule has 1 aromatic carbocycles. The molecular weight excluding hydrogens is 346 g/mol. The molecule has 0 fully saturated rings. The molecule has 3 aromatic rings. The van der Waals surface area contributed by atoms with Crippen LogP contribution < -0.4 is 0 Å². The molecule has 0 aliphatic rings. The molecule has 0 amide bonds. The van der Waals surface area contributed by atoms with E-state index in [1.165, 1.54) is 0 Å². The van der Waals surface area contributed by atoms with E-state index in [0.29, 0.717) is 0 Å².